The minimum absolute atomic E-state index is 0.0366. The molecular weight excluding hydrogens is 569 g/mol. The van der Waals surface area contributed by atoms with Crippen molar-refractivity contribution in [3.63, 3.8) is 0 Å². The molecule has 0 bridgehead atoms. The Morgan fingerprint density at radius 3 is 2.60 bits per heavy atom. The molecular formula is C33H33Cl2N5O2. The SMILES string of the molecule is Cc1noc(C)c1-c1ccc2c(c1)C1(CCNCC1)CN2C(=O)N(CC=Cc1ccc(Cl)cc1)Cc1ccnc(Cl)c1. The van der Waals surface area contributed by atoms with Crippen molar-refractivity contribution in [3.05, 3.63) is 105 Å². The number of benzene rings is 2. The van der Waals surface area contributed by atoms with Crippen molar-refractivity contribution in [2.24, 2.45) is 0 Å². The van der Waals surface area contributed by atoms with Crippen LogP contribution >= 0.6 is 23.2 Å². The molecule has 2 aromatic heterocycles. The molecule has 9 heteroatoms. The van der Waals surface area contributed by atoms with Crippen LogP contribution in [0.5, 0.6) is 0 Å². The van der Waals surface area contributed by atoms with Gasteiger partial charge in [0.15, 0.2) is 0 Å². The van der Waals surface area contributed by atoms with Gasteiger partial charge in [0.25, 0.3) is 0 Å². The van der Waals surface area contributed by atoms with Gasteiger partial charge in [0.05, 0.1) is 5.69 Å². The van der Waals surface area contributed by atoms with Gasteiger partial charge >= 0.3 is 6.03 Å². The number of carbonyl (C=O) groups is 1. The minimum Gasteiger partial charge on any atom is -0.361 e. The molecule has 1 fully saturated rings. The maximum absolute atomic E-state index is 14.4. The zero-order chi connectivity index (χ0) is 29.3. The molecule has 7 nitrogen and oxygen atoms in total. The third-order valence-corrected chi connectivity index (χ3v) is 8.83. The standard InChI is InChI=1S/C33H33Cl2N5O2/c1-22-31(23(2)42-38-22)26-7-10-29-28(19-26)33(12-15-36-16-13-33)21-40(29)32(41)39(20-25-11-14-37-30(35)18-25)17-3-4-24-5-8-27(34)9-6-24/h3-11,14,18-19,36H,12-13,15-17,20-21H2,1-2H3. The highest BCUT2D eigenvalue weighted by Crippen LogP contribution is 2.48. The monoisotopic (exact) mass is 601 g/mol. The summed E-state index contributed by atoms with van der Waals surface area (Å²) >= 11 is 12.3. The van der Waals surface area contributed by atoms with Crippen LogP contribution in [0.15, 0.2) is 71.4 Å². The lowest BCUT2D eigenvalue weighted by molar-refractivity contribution is 0.205. The Hall–Kier alpha value is -3.65. The summed E-state index contributed by atoms with van der Waals surface area (Å²) in [6.45, 7) is 7.22. The number of carbonyl (C=O) groups excluding carboxylic acids is 1. The van der Waals surface area contributed by atoms with E-state index in [9.17, 15) is 4.79 Å². The average Bonchev–Trinajstić information content (AvgIpc) is 3.49. The van der Waals surface area contributed by atoms with Gasteiger partial charge in [-0.1, -0.05) is 58.7 Å². The molecule has 4 aromatic rings. The summed E-state index contributed by atoms with van der Waals surface area (Å²) < 4.78 is 5.48. The van der Waals surface area contributed by atoms with E-state index in [1.54, 1.807) is 6.20 Å². The van der Waals surface area contributed by atoms with Crippen molar-refractivity contribution in [1.82, 2.24) is 20.4 Å². The first-order valence-corrected chi connectivity index (χ1v) is 15.0. The largest absolute Gasteiger partial charge is 0.361 e. The smallest absolute Gasteiger partial charge is 0.325 e. The molecule has 0 aliphatic carbocycles. The second-order valence-electron chi connectivity index (χ2n) is 11.2. The molecule has 2 aromatic carbocycles. The third-order valence-electron chi connectivity index (χ3n) is 8.37. The molecule has 0 unspecified atom stereocenters. The second kappa shape index (κ2) is 11.9. The fourth-order valence-corrected chi connectivity index (χ4v) is 6.58. The highest BCUT2D eigenvalue weighted by molar-refractivity contribution is 6.30. The average molecular weight is 603 g/mol. The van der Waals surface area contributed by atoms with Gasteiger partial charge in [-0.15, -0.1) is 0 Å². The van der Waals surface area contributed by atoms with E-state index in [1.165, 1.54) is 5.56 Å². The molecule has 0 saturated carbocycles. The lowest BCUT2D eigenvalue weighted by Gasteiger charge is -2.35. The number of pyridine rings is 1. The first kappa shape index (κ1) is 28.5. The number of aryl methyl sites for hydroxylation is 2. The fraction of sp³-hybridized carbons (Fsp3) is 0.303. The van der Waals surface area contributed by atoms with Gasteiger partial charge in [-0.25, -0.2) is 9.78 Å². The van der Waals surface area contributed by atoms with E-state index < -0.39 is 0 Å². The number of hydrogen-bond acceptors (Lipinski definition) is 5. The van der Waals surface area contributed by atoms with Crippen molar-refractivity contribution >= 4 is 41.0 Å². The number of urea groups is 1. The molecule has 42 heavy (non-hydrogen) atoms. The van der Waals surface area contributed by atoms with Crippen LogP contribution in [0.3, 0.4) is 0 Å². The van der Waals surface area contributed by atoms with Crippen molar-refractivity contribution in [2.75, 3.05) is 31.1 Å². The molecule has 0 atom stereocenters. The number of nitrogens with zero attached hydrogens (tertiary/aromatic N) is 4. The van der Waals surface area contributed by atoms with Crippen LogP contribution < -0.4 is 10.2 Å². The van der Waals surface area contributed by atoms with Gasteiger partial charge in [0.2, 0.25) is 0 Å². The van der Waals surface area contributed by atoms with Gasteiger partial charge in [-0.05, 0) is 98.4 Å². The summed E-state index contributed by atoms with van der Waals surface area (Å²) in [5, 5.41) is 8.77. The van der Waals surface area contributed by atoms with Crippen LogP contribution in [0.1, 0.15) is 41.0 Å². The van der Waals surface area contributed by atoms with Crippen molar-refractivity contribution in [1.29, 1.82) is 0 Å². The van der Waals surface area contributed by atoms with E-state index in [2.05, 4.69) is 33.7 Å². The van der Waals surface area contributed by atoms with E-state index in [0.717, 1.165) is 65.3 Å². The van der Waals surface area contributed by atoms with Gasteiger partial charge in [-0.3, -0.25) is 4.90 Å². The Kier molecular flexibility index (Phi) is 8.08. The van der Waals surface area contributed by atoms with E-state index in [-0.39, 0.29) is 11.4 Å². The molecule has 2 aliphatic rings. The molecule has 1 saturated heterocycles. The summed E-state index contributed by atoms with van der Waals surface area (Å²) in [4.78, 5) is 22.4. The van der Waals surface area contributed by atoms with Gasteiger partial charge in [-0.2, -0.15) is 0 Å². The normalized spacial score (nSPS) is 15.9. The van der Waals surface area contributed by atoms with E-state index in [0.29, 0.717) is 29.8 Å². The van der Waals surface area contributed by atoms with Gasteiger partial charge in [0, 0.05) is 47.5 Å². The summed E-state index contributed by atoms with van der Waals surface area (Å²) in [6, 6.07) is 17.8. The maximum atomic E-state index is 14.4. The minimum atomic E-state index is -0.115. The molecule has 0 radical (unpaired) electrons. The van der Waals surface area contributed by atoms with Crippen LogP contribution in [-0.2, 0) is 12.0 Å². The van der Waals surface area contributed by atoms with Crippen molar-refractivity contribution < 1.29 is 9.32 Å². The van der Waals surface area contributed by atoms with E-state index in [1.807, 2.05) is 72.2 Å². The van der Waals surface area contributed by atoms with Gasteiger partial charge < -0.3 is 14.7 Å². The van der Waals surface area contributed by atoms with Crippen molar-refractivity contribution in [2.45, 2.75) is 38.6 Å². The molecule has 2 aliphatic heterocycles. The molecule has 1 N–H and O–H groups in total. The number of nitrogens with one attached hydrogen (secondary N) is 1. The lowest BCUT2D eigenvalue weighted by Crippen LogP contribution is -2.47. The molecule has 2 amide bonds. The number of hydrogen-bond donors (Lipinski definition) is 1. The van der Waals surface area contributed by atoms with Crippen LogP contribution in [0.2, 0.25) is 10.2 Å². The van der Waals surface area contributed by atoms with E-state index >= 15 is 0 Å². The highest BCUT2D eigenvalue weighted by Gasteiger charge is 2.46. The zero-order valence-electron chi connectivity index (χ0n) is 23.7. The summed E-state index contributed by atoms with van der Waals surface area (Å²) in [7, 11) is 0. The molecule has 1 spiro atoms. The molecule has 6 rings (SSSR count). The van der Waals surface area contributed by atoms with Gasteiger partial charge in [0.1, 0.15) is 10.9 Å². The predicted molar refractivity (Wildman–Crippen MR) is 168 cm³/mol. The summed E-state index contributed by atoms with van der Waals surface area (Å²) in [5.41, 5.74) is 6.99. The zero-order valence-corrected chi connectivity index (χ0v) is 25.3. The summed E-state index contributed by atoms with van der Waals surface area (Å²) in [5.74, 6) is 0.799. The number of fused-ring (bicyclic) bond motifs is 2. The molecule has 4 heterocycles. The second-order valence-corrected chi connectivity index (χ2v) is 12.0. The Morgan fingerprint density at radius 1 is 1.10 bits per heavy atom. The summed E-state index contributed by atoms with van der Waals surface area (Å²) in [6.07, 6.45) is 7.63. The fourth-order valence-electron chi connectivity index (χ4n) is 6.26. The van der Waals surface area contributed by atoms with Crippen LogP contribution in [0.4, 0.5) is 10.5 Å². The number of anilines is 1. The number of halogens is 2. The number of aromatic nitrogens is 2. The Labute approximate surface area is 256 Å². The first-order chi connectivity index (χ1) is 20.3. The van der Waals surface area contributed by atoms with Crippen LogP contribution in [0, 0.1) is 13.8 Å². The number of rotatable bonds is 6. The van der Waals surface area contributed by atoms with E-state index in [4.69, 9.17) is 27.7 Å². The highest BCUT2D eigenvalue weighted by atomic mass is 35.5. The number of amides is 2. The predicted octanol–water partition coefficient (Wildman–Crippen LogP) is 7.44. The quantitative estimate of drug-likeness (QED) is 0.232. The van der Waals surface area contributed by atoms with Crippen molar-refractivity contribution in [3.8, 4) is 11.1 Å². The first-order valence-electron chi connectivity index (χ1n) is 14.2. The van der Waals surface area contributed by atoms with Crippen LogP contribution in [-0.4, -0.2) is 47.3 Å². The maximum Gasteiger partial charge on any atom is 0.325 e. The Bertz CT molecular complexity index is 1610. The lowest BCUT2D eigenvalue weighted by atomic mass is 9.74. The Morgan fingerprint density at radius 2 is 1.88 bits per heavy atom. The third kappa shape index (κ3) is 5.69. The Balaban J connectivity index is 1.35. The molecule has 216 valence electrons. The van der Waals surface area contributed by atoms with Crippen LogP contribution in [0.25, 0.3) is 17.2 Å². The number of piperidine rings is 1. The topological polar surface area (TPSA) is 74.5 Å².